The smallest absolute Gasteiger partial charge is 0.203 e. The predicted octanol–water partition coefficient (Wildman–Crippen LogP) is 3.31. The number of phenolic OH excluding ortho intramolecular Hbond substituents is 1. The fourth-order valence-corrected chi connectivity index (χ4v) is 2.14. The standard InChI is InChI=1S/C18H18O5/c1-21-16-11-7-13(17(22-2)18(16)23-3)6-10-15(20)12-4-8-14(19)9-5-12/h4-11,19H,1-3H3/b10-6+. The van der Waals surface area contributed by atoms with Crippen LogP contribution in [-0.2, 0) is 0 Å². The molecule has 0 aliphatic rings. The highest BCUT2D eigenvalue weighted by Crippen LogP contribution is 2.40. The van der Waals surface area contributed by atoms with Gasteiger partial charge in [0.05, 0.1) is 21.3 Å². The number of hydrogen-bond donors (Lipinski definition) is 1. The summed E-state index contributed by atoms with van der Waals surface area (Å²) in [7, 11) is 4.59. The number of hydrogen-bond acceptors (Lipinski definition) is 5. The summed E-state index contributed by atoms with van der Waals surface area (Å²) in [5.74, 6) is 1.44. The largest absolute Gasteiger partial charge is 0.508 e. The average Bonchev–Trinajstić information content (AvgIpc) is 2.59. The summed E-state index contributed by atoms with van der Waals surface area (Å²) in [5.41, 5.74) is 1.18. The van der Waals surface area contributed by atoms with E-state index < -0.39 is 0 Å². The summed E-state index contributed by atoms with van der Waals surface area (Å²) in [5, 5.41) is 9.25. The highest BCUT2D eigenvalue weighted by Gasteiger charge is 2.14. The number of aromatic hydroxyl groups is 1. The van der Waals surface area contributed by atoms with Crippen LogP contribution in [0.1, 0.15) is 15.9 Å². The SMILES string of the molecule is COc1ccc(/C=C/C(=O)c2ccc(O)cc2)c(OC)c1OC. The van der Waals surface area contributed by atoms with Crippen LogP contribution in [0.3, 0.4) is 0 Å². The van der Waals surface area contributed by atoms with E-state index in [-0.39, 0.29) is 11.5 Å². The number of methoxy groups -OCH3 is 3. The van der Waals surface area contributed by atoms with Crippen molar-refractivity contribution in [3.8, 4) is 23.0 Å². The minimum Gasteiger partial charge on any atom is -0.508 e. The van der Waals surface area contributed by atoms with E-state index >= 15 is 0 Å². The lowest BCUT2D eigenvalue weighted by atomic mass is 10.1. The zero-order chi connectivity index (χ0) is 16.8. The molecule has 5 heteroatoms. The molecule has 0 aliphatic heterocycles. The summed E-state index contributed by atoms with van der Waals surface area (Å²) in [6, 6.07) is 9.59. The van der Waals surface area contributed by atoms with Crippen LogP contribution in [0.5, 0.6) is 23.0 Å². The topological polar surface area (TPSA) is 65.0 Å². The van der Waals surface area contributed by atoms with Crippen molar-refractivity contribution in [3.63, 3.8) is 0 Å². The molecule has 2 aromatic rings. The van der Waals surface area contributed by atoms with Crippen molar-refractivity contribution in [3.05, 3.63) is 53.6 Å². The molecule has 120 valence electrons. The van der Waals surface area contributed by atoms with Gasteiger partial charge < -0.3 is 19.3 Å². The van der Waals surface area contributed by atoms with E-state index in [9.17, 15) is 9.90 Å². The fourth-order valence-electron chi connectivity index (χ4n) is 2.14. The third-order valence-electron chi connectivity index (χ3n) is 3.30. The van der Waals surface area contributed by atoms with E-state index in [1.54, 1.807) is 37.5 Å². The van der Waals surface area contributed by atoms with E-state index in [0.29, 0.717) is 28.4 Å². The Kier molecular flexibility index (Phi) is 5.25. The number of ketones is 1. The Morgan fingerprint density at radius 1 is 0.913 bits per heavy atom. The van der Waals surface area contributed by atoms with Crippen LogP contribution in [0.4, 0.5) is 0 Å². The first-order valence-corrected chi connectivity index (χ1v) is 6.91. The lowest BCUT2D eigenvalue weighted by molar-refractivity contribution is 0.104. The van der Waals surface area contributed by atoms with Gasteiger partial charge in [0.2, 0.25) is 5.75 Å². The molecule has 0 heterocycles. The summed E-state index contributed by atoms with van der Waals surface area (Å²) in [6.07, 6.45) is 3.09. The second-order valence-electron chi connectivity index (χ2n) is 4.67. The van der Waals surface area contributed by atoms with Gasteiger partial charge in [0, 0.05) is 11.1 Å². The Morgan fingerprint density at radius 3 is 2.13 bits per heavy atom. The van der Waals surface area contributed by atoms with Gasteiger partial charge in [-0.1, -0.05) is 0 Å². The van der Waals surface area contributed by atoms with Crippen LogP contribution in [0.2, 0.25) is 0 Å². The van der Waals surface area contributed by atoms with Crippen LogP contribution in [-0.4, -0.2) is 32.2 Å². The van der Waals surface area contributed by atoms with Gasteiger partial charge in [0.15, 0.2) is 17.3 Å². The van der Waals surface area contributed by atoms with E-state index in [2.05, 4.69) is 0 Å². The predicted molar refractivity (Wildman–Crippen MR) is 87.6 cm³/mol. The highest BCUT2D eigenvalue weighted by molar-refractivity contribution is 6.07. The van der Waals surface area contributed by atoms with E-state index in [4.69, 9.17) is 14.2 Å². The molecule has 1 N–H and O–H groups in total. The summed E-state index contributed by atoms with van der Waals surface area (Å²) in [6.45, 7) is 0. The Balaban J connectivity index is 2.32. The van der Waals surface area contributed by atoms with Crippen molar-refractivity contribution in [2.45, 2.75) is 0 Å². The second-order valence-corrected chi connectivity index (χ2v) is 4.67. The summed E-state index contributed by atoms with van der Waals surface area (Å²) < 4.78 is 15.9. The Labute approximate surface area is 134 Å². The molecule has 0 fully saturated rings. The molecule has 0 spiro atoms. The van der Waals surface area contributed by atoms with Crippen molar-refractivity contribution >= 4 is 11.9 Å². The quantitative estimate of drug-likeness (QED) is 0.654. The van der Waals surface area contributed by atoms with Crippen LogP contribution in [0, 0.1) is 0 Å². The molecule has 0 aliphatic carbocycles. The van der Waals surface area contributed by atoms with Crippen molar-refractivity contribution in [1.82, 2.24) is 0 Å². The lowest BCUT2D eigenvalue weighted by Gasteiger charge is -2.13. The zero-order valence-electron chi connectivity index (χ0n) is 13.2. The van der Waals surface area contributed by atoms with Gasteiger partial charge in [-0.2, -0.15) is 0 Å². The maximum atomic E-state index is 12.1. The fraction of sp³-hybridized carbons (Fsp3) is 0.167. The summed E-state index contributed by atoms with van der Waals surface area (Å²) in [4.78, 5) is 12.1. The Bertz CT molecular complexity index is 717. The maximum Gasteiger partial charge on any atom is 0.203 e. The molecule has 2 aromatic carbocycles. The Hall–Kier alpha value is -2.95. The normalized spacial score (nSPS) is 10.6. The maximum absolute atomic E-state index is 12.1. The zero-order valence-corrected chi connectivity index (χ0v) is 13.2. The number of rotatable bonds is 6. The van der Waals surface area contributed by atoms with Gasteiger partial charge in [-0.15, -0.1) is 0 Å². The van der Waals surface area contributed by atoms with Gasteiger partial charge >= 0.3 is 0 Å². The molecule has 0 saturated heterocycles. The molecule has 0 atom stereocenters. The molecule has 0 saturated carbocycles. The van der Waals surface area contributed by atoms with Gasteiger partial charge in [0.25, 0.3) is 0 Å². The van der Waals surface area contributed by atoms with Crippen LogP contribution in [0.25, 0.3) is 6.08 Å². The van der Waals surface area contributed by atoms with Crippen LogP contribution >= 0.6 is 0 Å². The number of benzene rings is 2. The van der Waals surface area contributed by atoms with Crippen LogP contribution < -0.4 is 14.2 Å². The van der Waals surface area contributed by atoms with Crippen molar-refractivity contribution in [1.29, 1.82) is 0 Å². The first kappa shape index (κ1) is 16.4. The third kappa shape index (κ3) is 3.63. The highest BCUT2D eigenvalue weighted by atomic mass is 16.5. The van der Waals surface area contributed by atoms with E-state index in [0.717, 1.165) is 0 Å². The van der Waals surface area contributed by atoms with Gasteiger partial charge in [-0.05, 0) is 48.6 Å². The van der Waals surface area contributed by atoms with Gasteiger partial charge in [-0.25, -0.2) is 0 Å². The lowest BCUT2D eigenvalue weighted by Crippen LogP contribution is -1.97. The first-order valence-electron chi connectivity index (χ1n) is 6.91. The molecule has 0 bridgehead atoms. The number of allylic oxidation sites excluding steroid dienone is 1. The van der Waals surface area contributed by atoms with E-state index in [1.807, 2.05) is 0 Å². The first-order chi connectivity index (χ1) is 11.1. The Morgan fingerprint density at radius 2 is 1.57 bits per heavy atom. The minimum atomic E-state index is -0.179. The molecule has 0 aromatic heterocycles. The monoisotopic (exact) mass is 314 g/mol. The molecule has 0 radical (unpaired) electrons. The molecule has 0 amide bonds. The van der Waals surface area contributed by atoms with Crippen molar-refractivity contribution < 1.29 is 24.1 Å². The average molecular weight is 314 g/mol. The molecule has 0 unspecified atom stereocenters. The number of ether oxygens (including phenoxy) is 3. The number of phenols is 1. The molecular formula is C18H18O5. The van der Waals surface area contributed by atoms with E-state index in [1.165, 1.54) is 32.4 Å². The second kappa shape index (κ2) is 7.35. The van der Waals surface area contributed by atoms with Gasteiger partial charge in [0.1, 0.15) is 5.75 Å². The minimum absolute atomic E-state index is 0.118. The van der Waals surface area contributed by atoms with Gasteiger partial charge in [-0.3, -0.25) is 4.79 Å². The number of carbonyl (C=O) groups is 1. The van der Waals surface area contributed by atoms with Crippen molar-refractivity contribution in [2.75, 3.05) is 21.3 Å². The molecule has 2 rings (SSSR count). The number of carbonyl (C=O) groups excluding carboxylic acids is 1. The molecule has 5 nitrogen and oxygen atoms in total. The third-order valence-corrected chi connectivity index (χ3v) is 3.30. The van der Waals surface area contributed by atoms with Crippen LogP contribution in [0.15, 0.2) is 42.5 Å². The molecular weight excluding hydrogens is 296 g/mol. The van der Waals surface area contributed by atoms with Crippen molar-refractivity contribution in [2.24, 2.45) is 0 Å². The summed E-state index contributed by atoms with van der Waals surface area (Å²) >= 11 is 0. The molecule has 23 heavy (non-hydrogen) atoms.